The number of carbonyl (C=O) groups excluding carboxylic acids is 1. The Morgan fingerprint density at radius 1 is 1.29 bits per heavy atom. The molecule has 1 aliphatic rings. The highest BCUT2D eigenvalue weighted by Crippen LogP contribution is 2.35. The molecule has 2 rings (SSSR count). The summed E-state index contributed by atoms with van der Waals surface area (Å²) in [6, 6.07) is 4.35. The highest BCUT2D eigenvalue weighted by molar-refractivity contribution is 7.92. The van der Waals surface area contributed by atoms with E-state index in [-0.39, 0.29) is 5.56 Å². The van der Waals surface area contributed by atoms with Gasteiger partial charge in [0.15, 0.2) is 26.3 Å². The molecule has 0 spiro atoms. The second-order valence-corrected chi connectivity index (χ2v) is 10.2. The summed E-state index contributed by atoms with van der Waals surface area (Å²) in [5.41, 5.74) is 6.86. The molecule has 1 fully saturated rings. The molecule has 0 bridgehead atoms. The van der Waals surface area contributed by atoms with E-state index in [0.29, 0.717) is 50.6 Å². The molecule has 1 amide bonds. The average molecular weight is 458 g/mol. The topological polar surface area (TPSA) is 120 Å². The number of carbonyl (C=O) groups is 1. The van der Waals surface area contributed by atoms with Crippen molar-refractivity contribution in [2.24, 2.45) is 11.7 Å². The van der Waals surface area contributed by atoms with Crippen LogP contribution in [-0.2, 0) is 14.6 Å². The number of nitrogens with two attached hydrogens (primary N) is 1. The van der Waals surface area contributed by atoms with E-state index in [1.807, 2.05) is 0 Å². The zero-order chi connectivity index (χ0) is 23.2. The van der Waals surface area contributed by atoms with Crippen LogP contribution in [0.25, 0.3) is 0 Å². The third-order valence-corrected chi connectivity index (χ3v) is 7.23. The fraction of sp³-hybridized carbons (Fsp3) is 0.667. The molecule has 1 unspecified atom stereocenters. The number of nitrogens with one attached hydrogen (secondary N) is 1. The number of amides is 1. The minimum absolute atomic E-state index is 0.278. The lowest BCUT2D eigenvalue weighted by Crippen LogP contribution is -2.69. The Kier molecular flexibility index (Phi) is 8.70. The molecule has 0 aliphatic carbocycles. The van der Waals surface area contributed by atoms with Gasteiger partial charge in [0.25, 0.3) is 5.91 Å². The minimum Gasteiger partial charge on any atom is -0.493 e. The first-order valence-corrected chi connectivity index (χ1v) is 12.3. The standard InChI is InChI=1S/C21H35N3O6S/c1-15(2)24(21(22,31(5,26)27)17-9-10-23-14-17)20(25)16-7-8-18(29-4)19(13-16)30-12-6-11-28-3/h7-8,13,15,17,23H,6,9-12,14,22H2,1-5H3/t17-,21?/m0/s1. The number of ether oxygens (including phenoxy) is 3. The summed E-state index contributed by atoms with van der Waals surface area (Å²) < 4.78 is 41.9. The summed E-state index contributed by atoms with van der Waals surface area (Å²) in [5.74, 6) is -0.0130. The monoisotopic (exact) mass is 457 g/mol. The summed E-state index contributed by atoms with van der Waals surface area (Å²) in [5, 5.41) is 3.15. The third-order valence-electron chi connectivity index (χ3n) is 5.51. The third kappa shape index (κ3) is 5.49. The van der Waals surface area contributed by atoms with Crippen LogP contribution in [0, 0.1) is 5.92 Å². The summed E-state index contributed by atoms with van der Waals surface area (Å²) >= 11 is 0. The SMILES string of the molecule is COCCCOc1cc(C(=O)N(C(C)C)C(N)([C@H]2CCNC2)S(C)(=O)=O)ccc1OC. The molecule has 1 saturated heterocycles. The maximum atomic E-state index is 13.6. The van der Waals surface area contributed by atoms with Gasteiger partial charge in [0.2, 0.25) is 0 Å². The van der Waals surface area contributed by atoms with Gasteiger partial charge in [-0.1, -0.05) is 0 Å². The molecule has 10 heteroatoms. The van der Waals surface area contributed by atoms with E-state index in [4.69, 9.17) is 19.9 Å². The molecule has 2 atom stereocenters. The van der Waals surface area contributed by atoms with E-state index in [2.05, 4.69) is 5.32 Å². The van der Waals surface area contributed by atoms with Crippen LogP contribution in [-0.4, -0.2) is 77.0 Å². The number of hydrogen-bond donors (Lipinski definition) is 2. The van der Waals surface area contributed by atoms with Crippen molar-refractivity contribution in [1.82, 2.24) is 10.2 Å². The smallest absolute Gasteiger partial charge is 0.256 e. The Bertz CT molecular complexity index is 855. The molecule has 0 radical (unpaired) electrons. The summed E-state index contributed by atoms with van der Waals surface area (Å²) in [7, 11) is -0.689. The van der Waals surface area contributed by atoms with Crippen LogP contribution in [0.15, 0.2) is 18.2 Å². The van der Waals surface area contributed by atoms with Crippen molar-refractivity contribution in [3.63, 3.8) is 0 Å². The first kappa shape index (κ1) is 25.4. The zero-order valence-corrected chi connectivity index (χ0v) is 19.8. The molecule has 0 aromatic heterocycles. The summed E-state index contributed by atoms with van der Waals surface area (Å²) in [6.07, 6.45) is 2.33. The van der Waals surface area contributed by atoms with Crippen molar-refractivity contribution < 1.29 is 27.4 Å². The van der Waals surface area contributed by atoms with Crippen LogP contribution in [0.1, 0.15) is 37.0 Å². The molecule has 3 N–H and O–H groups in total. The van der Waals surface area contributed by atoms with E-state index >= 15 is 0 Å². The Labute approximate surface area is 185 Å². The lowest BCUT2D eigenvalue weighted by atomic mass is 10.0. The molecule has 31 heavy (non-hydrogen) atoms. The lowest BCUT2D eigenvalue weighted by molar-refractivity contribution is 0.0440. The molecular weight excluding hydrogens is 422 g/mol. The van der Waals surface area contributed by atoms with Crippen molar-refractivity contribution in [2.45, 2.75) is 37.7 Å². The summed E-state index contributed by atoms with van der Waals surface area (Å²) in [6.45, 7) is 5.53. The van der Waals surface area contributed by atoms with Crippen LogP contribution in [0.5, 0.6) is 11.5 Å². The van der Waals surface area contributed by atoms with Crippen molar-refractivity contribution in [3.8, 4) is 11.5 Å². The molecule has 0 saturated carbocycles. The molecule has 1 heterocycles. The van der Waals surface area contributed by atoms with Gasteiger partial charge in [-0.3, -0.25) is 10.5 Å². The fourth-order valence-electron chi connectivity index (χ4n) is 3.93. The number of hydrogen-bond acceptors (Lipinski definition) is 8. The number of rotatable bonds is 11. The van der Waals surface area contributed by atoms with Gasteiger partial charge >= 0.3 is 0 Å². The van der Waals surface area contributed by atoms with Crippen molar-refractivity contribution >= 4 is 15.7 Å². The highest BCUT2D eigenvalue weighted by atomic mass is 32.2. The number of sulfone groups is 1. The van der Waals surface area contributed by atoms with Crippen LogP contribution in [0.3, 0.4) is 0 Å². The van der Waals surface area contributed by atoms with E-state index < -0.39 is 32.7 Å². The van der Waals surface area contributed by atoms with Gasteiger partial charge in [-0.25, -0.2) is 8.42 Å². The maximum absolute atomic E-state index is 13.6. The largest absolute Gasteiger partial charge is 0.493 e. The van der Waals surface area contributed by atoms with Crippen molar-refractivity contribution in [1.29, 1.82) is 0 Å². The Balaban J connectivity index is 2.44. The Morgan fingerprint density at radius 3 is 2.52 bits per heavy atom. The van der Waals surface area contributed by atoms with Crippen molar-refractivity contribution in [2.75, 3.05) is 46.8 Å². The molecule has 1 aromatic rings. The predicted molar refractivity (Wildman–Crippen MR) is 119 cm³/mol. The van der Waals surface area contributed by atoms with E-state index in [1.54, 1.807) is 39.2 Å². The van der Waals surface area contributed by atoms with Gasteiger partial charge in [0, 0.05) is 50.5 Å². The highest BCUT2D eigenvalue weighted by Gasteiger charge is 2.53. The maximum Gasteiger partial charge on any atom is 0.256 e. The fourth-order valence-corrected chi connectivity index (χ4v) is 5.39. The zero-order valence-electron chi connectivity index (χ0n) is 19.0. The van der Waals surface area contributed by atoms with Gasteiger partial charge in [0.1, 0.15) is 0 Å². The molecule has 1 aromatic carbocycles. The Hall–Kier alpha value is -1.88. The van der Waals surface area contributed by atoms with Crippen LogP contribution in [0.4, 0.5) is 0 Å². The average Bonchev–Trinajstić information content (AvgIpc) is 3.25. The van der Waals surface area contributed by atoms with Gasteiger partial charge < -0.3 is 24.4 Å². The van der Waals surface area contributed by atoms with Gasteiger partial charge in [-0.2, -0.15) is 0 Å². The second kappa shape index (κ2) is 10.6. The van der Waals surface area contributed by atoms with Crippen LogP contribution >= 0.6 is 0 Å². The predicted octanol–water partition coefficient (Wildman–Crippen LogP) is 1.23. The van der Waals surface area contributed by atoms with Gasteiger partial charge in [0.05, 0.1) is 13.7 Å². The molecule has 9 nitrogen and oxygen atoms in total. The first-order chi connectivity index (χ1) is 14.6. The Morgan fingerprint density at radius 2 is 2.00 bits per heavy atom. The minimum atomic E-state index is -3.82. The van der Waals surface area contributed by atoms with E-state index in [1.165, 1.54) is 12.0 Å². The normalized spacial score (nSPS) is 18.6. The van der Waals surface area contributed by atoms with Gasteiger partial charge in [-0.15, -0.1) is 0 Å². The van der Waals surface area contributed by atoms with Gasteiger partial charge in [-0.05, 0) is 45.0 Å². The second-order valence-electron chi connectivity index (χ2n) is 8.04. The van der Waals surface area contributed by atoms with Crippen molar-refractivity contribution in [3.05, 3.63) is 23.8 Å². The quantitative estimate of drug-likeness (QED) is 0.376. The number of methoxy groups -OCH3 is 2. The van der Waals surface area contributed by atoms with E-state index in [9.17, 15) is 13.2 Å². The number of benzene rings is 1. The van der Waals surface area contributed by atoms with Crippen LogP contribution in [0.2, 0.25) is 0 Å². The summed E-state index contributed by atoms with van der Waals surface area (Å²) in [4.78, 5) is 13.1. The molecule has 1 aliphatic heterocycles. The number of nitrogens with zero attached hydrogens (tertiary/aromatic N) is 1. The lowest BCUT2D eigenvalue weighted by Gasteiger charge is -2.45. The van der Waals surface area contributed by atoms with Crippen LogP contribution < -0.4 is 20.5 Å². The first-order valence-electron chi connectivity index (χ1n) is 10.4. The molecular formula is C21H35N3O6S. The van der Waals surface area contributed by atoms with E-state index in [0.717, 1.165) is 6.26 Å². The molecule has 176 valence electrons.